The summed E-state index contributed by atoms with van der Waals surface area (Å²) in [5.41, 5.74) is 5.35. The van der Waals surface area contributed by atoms with E-state index in [1.165, 1.54) is 12.1 Å². The molecule has 102 valence electrons. The number of nitro groups is 1. The highest BCUT2D eigenvalue weighted by molar-refractivity contribution is 5.86. The van der Waals surface area contributed by atoms with Crippen molar-refractivity contribution in [3.8, 4) is 0 Å². The lowest BCUT2D eigenvalue weighted by Crippen LogP contribution is -2.55. The number of rotatable bonds is 3. The highest BCUT2D eigenvalue weighted by atomic mass is 16.6. The third-order valence-corrected chi connectivity index (χ3v) is 3.10. The van der Waals surface area contributed by atoms with Crippen molar-refractivity contribution in [2.24, 2.45) is 0 Å². The average molecular weight is 265 g/mol. The number of hydrogen-bond acceptors (Lipinski definition) is 6. The van der Waals surface area contributed by atoms with E-state index in [-0.39, 0.29) is 23.5 Å². The Balaban J connectivity index is 2.33. The van der Waals surface area contributed by atoms with Crippen LogP contribution < -0.4 is 16.0 Å². The second-order valence-electron chi connectivity index (χ2n) is 4.24. The van der Waals surface area contributed by atoms with Gasteiger partial charge in [-0.1, -0.05) is 6.92 Å². The van der Waals surface area contributed by atoms with E-state index in [4.69, 9.17) is 5.73 Å². The molecule has 1 saturated heterocycles. The summed E-state index contributed by atoms with van der Waals surface area (Å²) in [4.78, 5) is 27.7. The van der Waals surface area contributed by atoms with Crippen LogP contribution in [0.2, 0.25) is 0 Å². The molecule has 0 aromatic carbocycles. The van der Waals surface area contributed by atoms with Gasteiger partial charge in [-0.25, -0.2) is 4.98 Å². The molecule has 2 heterocycles. The van der Waals surface area contributed by atoms with Crippen LogP contribution in [0.4, 0.5) is 17.3 Å². The largest absolute Gasteiger partial charge is 0.378 e. The van der Waals surface area contributed by atoms with E-state index in [1.54, 1.807) is 0 Å². The van der Waals surface area contributed by atoms with Gasteiger partial charge in [0.2, 0.25) is 11.7 Å². The summed E-state index contributed by atoms with van der Waals surface area (Å²) in [7, 11) is 0. The monoisotopic (exact) mass is 265 g/mol. The van der Waals surface area contributed by atoms with E-state index in [9.17, 15) is 14.9 Å². The Labute approximate surface area is 109 Å². The fourth-order valence-electron chi connectivity index (χ4n) is 2.17. The number of carbonyl (C=O) groups excluding carboxylic acids is 1. The van der Waals surface area contributed by atoms with Crippen molar-refractivity contribution in [1.82, 2.24) is 10.3 Å². The van der Waals surface area contributed by atoms with Gasteiger partial charge in [0, 0.05) is 19.2 Å². The Morgan fingerprint density at radius 2 is 2.37 bits per heavy atom. The molecule has 8 heteroatoms. The molecular weight excluding hydrogens is 250 g/mol. The van der Waals surface area contributed by atoms with Crippen LogP contribution in [-0.2, 0) is 4.79 Å². The zero-order valence-corrected chi connectivity index (χ0v) is 10.5. The predicted octanol–water partition coefficient (Wildman–Crippen LogP) is 0.287. The lowest BCUT2D eigenvalue weighted by molar-refractivity contribution is -0.384. The normalized spacial score (nSPS) is 19.1. The molecule has 8 nitrogen and oxygen atoms in total. The summed E-state index contributed by atoms with van der Waals surface area (Å²) in [6.45, 7) is 3.03. The fourth-order valence-corrected chi connectivity index (χ4v) is 2.17. The first-order valence-electron chi connectivity index (χ1n) is 6.00. The molecule has 0 radical (unpaired) electrons. The minimum absolute atomic E-state index is 0.0625. The Bertz CT molecular complexity index is 519. The van der Waals surface area contributed by atoms with Crippen molar-refractivity contribution < 1.29 is 9.72 Å². The predicted molar refractivity (Wildman–Crippen MR) is 69.7 cm³/mol. The number of nitrogens with one attached hydrogen (secondary N) is 1. The first kappa shape index (κ1) is 13.1. The van der Waals surface area contributed by atoms with E-state index >= 15 is 0 Å². The van der Waals surface area contributed by atoms with Crippen molar-refractivity contribution >= 4 is 23.2 Å². The number of anilines is 2. The molecule has 1 unspecified atom stereocenters. The summed E-state index contributed by atoms with van der Waals surface area (Å²) in [5, 5.41) is 13.5. The standard InChI is InChI=1S/C11H15N5O3/c1-2-7-11(17)13-5-6-15(7)9-4-3-8(16(18)19)10(12)14-9/h3-4,7H,2,5-6H2,1H3,(H2,12,14)(H,13,17). The molecule has 1 atom stereocenters. The molecule has 0 bridgehead atoms. The van der Waals surface area contributed by atoms with Gasteiger partial charge in [-0.05, 0) is 12.5 Å². The van der Waals surface area contributed by atoms with Crippen LogP contribution in [0.25, 0.3) is 0 Å². The zero-order chi connectivity index (χ0) is 14.0. The van der Waals surface area contributed by atoms with Gasteiger partial charge < -0.3 is 16.0 Å². The van der Waals surface area contributed by atoms with Gasteiger partial charge in [0.05, 0.1) is 4.92 Å². The molecule has 1 aromatic rings. The molecule has 1 aromatic heterocycles. The molecule has 0 saturated carbocycles. The van der Waals surface area contributed by atoms with Crippen molar-refractivity contribution in [1.29, 1.82) is 0 Å². The van der Waals surface area contributed by atoms with Gasteiger partial charge in [-0.3, -0.25) is 14.9 Å². The number of nitrogen functional groups attached to an aromatic ring is 1. The van der Waals surface area contributed by atoms with E-state index in [0.717, 1.165) is 0 Å². The number of aromatic nitrogens is 1. The van der Waals surface area contributed by atoms with E-state index in [1.807, 2.05) is 11.8 Å². The van der Waals surface area contributed by atoms with Crippen molar-refractivity contribution in [2.75, 3.05) is 23.7 Å². The maximum atomic E-state index is 11.7. The second-order valence-corrected chi connectivity index (χ2v) is 4.24. The maximum absolute atomic E-state index is 11.7. The number of carbonyl (C=O) groups is 1. The Morgan fingerprint density at radius 1 is 1.63 bits per heavy atom. The van der Waals surface area contributed by atoms with E-state index in [0.29, 0.717) is 25.3 Å². The minimum Gasteiger partial charge on any atom is -0.378 e. The van der Waals surface area contributed by atoms with Crippen molar-refractivity contribution in [2.45, 2.75) is 19.4 Å². The van der Waals surface area contributed by atoms with Gasteiger partial charge in [-0.2, -0.15) is 0 Å². The van der Waals surface area contributed by atoms with Crippen molar-refractivity contribution in [3.63, 3.8) is 0 Å². The summed E-state index contributed by atoms with van der Waals surface area (Å²) < 4.78 is 0. The van der Waals surface area contributed by atoms with Crippen LogP contribution in [0.3, 0.4) is 0 Å². The third kappa shape index (κ3) is 2.42. The number of hydrogen-bond donors (Lipinski definition) is 2. The molecule has 1 amide bonds. The van der Waals surface area contributed by atoms with Crippen LogP contribution in [0.15, 0.2) is 12.1 Å². The molecule has 0 spiro atoms. The molecule has 1 fully saturated rings. The highest BCUT2D eigenvalue weighted by Crippen LogP contribution is 2.25. The van der Waals surface area contributed by atoms with Crippen LogP contribution in [0.1, 0.15) is 13.3 Å². The Kier molecular flexibility index (Phi) is 3.50. The third-order valence-electron chi connectivity index (χ3n) is 3.10. The van der Waals surface area contributed by atoms with Crippen LogP contribution in [0.5, 0.6) is 0 Å². The molecule has 3 N–H and O–H groups in total. The van der Waals surface area contributed by atoms with Gasteiger partial charge in [-0.15, -0.1) is 0 Å². The van der Waals surface area contributed by atoms with E-state index < -0.39 is 4.92 Å². The summed E-state index contributed by atoms with van der Waals surface area (Å²) in [6.07, 6.45) is 0.629. The van der Waals surface area contributed by atoms with Crippen LogP contribution in [0, 0.1) is 10.1 Å². The molecule has 19 heavy (non-hydrogen) atoms. The molecule has 1 aliphatic heterocycles. The first-order valence-corrected chi connectivity index (χ1v) is 6.00. The Hall–Kier alpha value is -2.38. The SMILES string of the molecule is CCC1C(=O)NCCN1c1ccc([N+](=O)[O-])c(N)n1. The molecule has 2 rings (SSSR count). The van der Waals surface area contributed by atoms with Gasteiger partial charge in [0.1, 0.15) is 11.9 Å². The topological polar surface area (TPSA) is 114 Å². The fraction of sp³-hybridized carbons (Fsp3) is 0.455. The second kappa shape index (κ2) is 5.09. The van der Waals surface area contributed by atoms with Gasteiger partial charge >= 0.3 is 5.69 Å². The highest BCUT2D eigenvalue weighted by Gasteiger charge is 2.29. The summed E-state index contributed by atoms with van der Waals surface area (Å²) in [5.74, 6) is 0.292. The molecular formula is C11H15N5O3. The van der Waals surface area contributed by atoms with Crippen molar-refractivity contribution in [3.05, 3.63) is 22.2 Å². The lowest BCUT2D eigenvalue weighted by atomic mass is 10.1. The van der Waals surface area contributed by atoms with Gasteiger partial charge in [0.15, 0.2) is 0 Å². The van der Waals surface area contributed by atoms with Crippen LogP contribution >= 0.6 is 0 Å². The maximum Gasteiger partial charge on any atom is 0.311 e. The quantitative estimate of drug-likeness (QED) is 0.599. The lowest BCUT2D eigenvalue weighted by Gasteiger charge is -2.35. The number of nitrogens with zero attached hydrogens (tertiary/aromatic N) is 3. The summed E-state index contributed by atoms with van der Waals surface area (Å²) >= 11 is 0. The number of pyridine rings is 1. The Morgan fingerprint density at radius 3 is 2.95 bits per heavy atom. The summed E-state index contributed by atoms with van der Waals surface area (Å²) in [6, 6.07) is 2.52. The van der Waals surface area contributed by atoms with E-state index in [2.05, 4.69) is 10.3 Å². The minimum atomic E-state index is -0.577. The molecule has 0 aliphatic carbocycles. The first-order chi connectivity index (χ1) is 9.04. The zero-order valence-electron chi connectivity index (χ0n) is 10.5. The molecule has 1 aliphatic rings. The number of amides is 1. The number of nitrogens with two attached hydrogens (primary N) is 1. The number of piperazine rings is 1. The smallest absolute Gasteiger partial charge is 0.311 e. The van der Waals surface area contributed by atoms with Gasteiger partial charge in [0.25, 0.3) is 0 Å². The average Bonchev–Trinajstić information content (AvgIpc) is 2.37. The van der Waals surface area contributed by atoms with Crippen LogP contribution in [-0.4, -0.2) is 34.9 Å².